The summed E-state index contributed by atoms with van der Waals surface area (Å²) in [7, 11) is 0. The zero-order valence-corrected chi connectivity index (χ0v) is 12.1. The third-order valence-corrected chi connectivity index (χ3v) is 4.74. The van der Waals surface area contributed by atoms with Crippen molar-refractivity contribution in [2.24, 2.45) is 0 Å². The van der Waals surface area contributed by atoms with Crippen LogP contribution in [0.15, 0.2) is 36.5 Å². The van der Waals surface area contributed by atoms with Gasteiger partial charge in [-0.3, -0.25) is 9.78 Å². The Labute approximate surface area is 120 Å². The maximum absolute atomic E-state index is 12.4. The van der Waals surface area contributed by atoms with Crippen LogP contribution in [-0.2, 0) is 0 Å². The number of benzene rings is 1. The van der Waals surface area contributed by atoms with E-state index in [0.29, 0.717) is 10.4 Å². The van der Waals surface area contributed by atoms with Crippen LogP contribution in [0.4, 0.5) is 0 Å². The number of hydrogen-bond donors (Lipinski definition) is 1. The van der Waals surface area contributed by atoms with Crippen molar-refractivity contribution in [3.63, 3.8) is 0 Å². The van der Waals surface area contributed by atoms with Crippen molar-refractivity contribution in [1.82, 2.24) is 10.3 Å². The number of fused-ring (bicyclic) bond motifs is 1. The third-order valence-electron chi connectivity index (χ3n) is 3.64. The van der Waals surface area contributed by atoms with Crippen LogP contribution in [0.2, 0.25) is 0 Å². The lowest BCUT2D eigenvalue weighted by Crippen LogP contribution is -2.37. The Balaban J connectivity index is 1.89. The summed E-state index contributed by atoms with van der Waals surface area (Å²) in [6.45, 7) is 0. The Hall–Kier alpha value is -1.42. The lowest BCUT2D eigenvalue weighted by Gasteiger charge is -2.16. The fourth-order valence-corrected chi connectivity index (χ4v) is 3.34. The first kappa shape index (κ1) is 12.6. The second-order valence-corrected chi connectivity index (χ2v) is 6.08. The molecule has 4 heteroatoms. The number of alkyl halides is 1. The number of nitrogens with zero attached hydrogens (tertiary/aromatic N) is 1. The van der Waals surface area contributed by atoms with E-state index in [1.165, 1.54) is 0 Å². The molecule has 0 saturated heterocycles. The lowest BCUT2D eigenvalue weighted by atomic mass is 10.1. The number of pyridine rings is 1. The van der Waals surface area contributed by atoms with Gasteiger partial charge in [-0.05, 0) is 25.0 Å². The molecule has 1 aliphatic carbocycles. The maximum Gasteiger partial charge on any atom is 0.252 e. The Morgan fingerprint density at radius 1 is 1.26 bits per heavy atom. The highest BCUT2D eigenvalue weighted by molar-refractivity contribution is 9.09. The SMILES string of the molecule is O=C(NC1CCCC1Br)c1ccnc2ccccc12. The number of rotatable bonds is 2. The van der Waals surface area contributed by atoms with Gasteiger partial charge in [0.15, 0.2) is 0 Å². The van der Waals surface area contributed by atoms with E-state index in [2.05, 4.69) is 26.2 Å². The summed E-state index contributed by atoms with van der Waals surface area (Å²) < 4.78 is 0. The number of nitrogens with one attached hydrogen (secondary N) is 1. The summed E-state index contributed by atoms with van der Waals surface area (Å²) in [5.41, 5.74) is 1.56. The van der Waals surface area contributed by atoms with Crippen molar-refractivity contribution in [2.45, 2.75) is 30.1 Å². The molecular formula is C15H15BrN2O. The fourth-order valence-electron chi connectivity index (χ4n) is 2.62. The lowest BCUT2D eigenvalue weighted by molar-refractivity contribution is 0.0940. The van der Waals surface area contributed by atoms with E-state index in [-0.39, 0.29) is 11.9 Å². The molecule has 0 aliphatic heterocycles. The zero-order valence-electron chi connectivity index (χ0n) is 10.5. The van der Waals surface area contributed by atoms with E-state index >= 15 is 0 Å². The van der Waals surface area contributed by atoms with Crippen molar-refractivity contribution >= 4 is 32.7 Å². The van der Waals surface area contributed by atoms with E-state index in [9.17, 15) is 4.79 Å². The molecule has 3 nitrogen and oxygen atoms in total. The van der Waals surface area contributed by atoms with Gasteiger partial charge in [-0.2, -0.15) is 0 Å². The van der Waals surface area contributed by atoms with Gasteiger partial charge in [-0.15, -0.1) is 0 Å². The van der Waals surface area contributed by atoms with Gasteiger partial charge in [0.1, 0.15) is 0 Å². The number of carbonyl (C=O) groups is 1. The van der Waals surface area contributed by atoms with Crippen LogP contribution < -0.4 is 5.32 Å². The molecule has 1 saturated carbocycles. The van der Waals surface area contributed by atoms with E-state index in [0.717, 1.165) is 30.2 Å². The summed E-state index contributed by atoms with van der Waals surface area (Å²) in [5, 5.41) is 4.03. The molecular weight excluding hydrogens is 304 g/mol. The van der Waals surface area contributed by atoms with Crippen molar-refractivity contribution in [3.8, 4) is 0 Å². The average molecular weight is 319 g/mol. The number of para-hydroxylation sites is 1. The molecule has 2 aromatic rings. The molecule has 1 amide bonds. The quantitative estimate of drug-likeness (QED) is 0.863. The van der Waals surface area contributed by atoms with Gasteiger partial charge in [0, 0.05) is 22.5 Å². The van der Waals surface area contributed by atoms with Gasteiger partial charge >= 0.3 is 0 Å². The normalized spacial score (nSPS) is 22.6. The van der Waals surface area contributed by atoms with Crippen LogP contribution in [0.3, 0.4) is 0 Å². The van der Waals surface area contributed by atoms with Gasteiger partial charge in [-0.25, -0.2) is 0 Å². The predicted octanol–water partition coefficient (Wildman–Crippen LogP) is 3.28. The van der Waals surface area contributed by atoms with E-state index in [1.807, 2.05) is 24.3 Å². The summed E-state index contributed by atoms with van der Waals surface area (Å²) in [6.07, 6.45) is 5.03. The van der Waals surface area contributed by atoms with Gasteiger partial charge in [0.05, 0.1) is 11.1 Å². The highest BCUT2D eigenvalue weighted by atomic mass is 79.9. The first-order valence-corrected chi connectivity index (χ1v) is 7.46. The van der Waals surface area contributed by atoms with Crippen molar-refractivity contribution in [2.75, 3.05) is 0 Å². The van der Waals surface area contributed by atoms with E-state index in [1.54, 1.807) is 12.3 Å². The topological polar surface area (TPSA) is 42.0 Å². The molecule has 2 atom stereocenters. The first-order chi connectivity index (χ1) is 9.25. The van der Waals surface area contributed by atoms with Gasteiger partial charge < -0.3 is 5.32 Å². The zero-order chi connectivity index (χ0) is 13.2. The van der Waals surface area contributed by atoms with Gasteiger partial charge in [0.25, 0.3) is 5.91 Å². The first-order valence-electron chi connectivity index (χ1n) is 6.54. The Bertz CT molecular complexity index is 609. The number of carbonyl (C=O) groups excluding carboxylic acids is 1. The van der Waals surface area contributed by atoms with Crippen LogP contribution in [0.25, 0.3) is 10.9 Å². The molecule has 3 rings (SSSR count). The number of halogens is 1. The largest absolute Gasteiger partial charge is 0.348 e. The minimum absolute atomic E-state index is 0.00468. The van der Waals surface area contributed by atoms with Crippen molar-refractivity contribution in [1.29, 1.82) is 0 Å². The smallest absolute Gasteiger partial charge is 0.252 e. The fraction of sp³-hybridized carbons (Fsp3) is 0.333. The average Bonchev–Trinajstić information content (AvgIpc) is 2.83. The van der Waals surface area contributed by atoms with Crippen LogP contribution >= 0.6 is 15.9 Å². The molecule has 0 radical (unpaired) electrons. The molecule has 0 bridgehead atoms. The van der Waals surface area contributed by atoms with Crippen LogP contribution in [-0.4, -0.2) is 21.8 Å². The van der Waals surface area contributed by atoms with Crippen LogP contribution in [0, 0.1) is 0 Å². The number of aromatic nitrogens is 1. The molecule has 1 aromatic heterocycles. The van der Waals surface area contributed by atoms with Crippen LogP contribution in [0.1, 0.15) is 29.6 Å². The second kappa shape index (κ2) is 5.29. The third kappa shape index (κ3) is 2.50. The molecule has 1 aromatic carbocycles. The maximum atomic E-state index is 12.4. The molecule has 1 fully saturated rings. The number of amides is 1. The molecule has 1 heterocycles. The summed E-state index contributed by atoms with van der Waals surface area (Å²) in [5.74, 6) is -0.00468. The van der Waals surface area contributed by atoms with Gasteiger partial charge in [-0.1, -0.05) is 40.5 Å². The standard InChI is InChI=1S/C15H15BrN2O/c16-12-5-3-7-14(12)18-15(19)11-8-9-17-13-6-2-1-4-10(11)13/h1-2,4,6,8-9,12,14H,3,5,7H2,(H,18,19). The molecule has 1 aliphatic rings. The highest BCUT2D eigenvalue weighted by Crippen LogP contribution is 2.26. The summed E-state index contributed by atoms with van der Waals surface area (Å²) >= 11 is 3.63. The Morgan fingerprint density at radius 3 is 2.89 bits per heavy atom. The van der Waals surface area contributed by atoms with Crippen molar-refractivity contribution < 1.29 is 4.79 Å². The van der Waals surface area contributed by atoms with Gasteiger partial charge in [0.2, 0.25) is 0 Å². The summed E-state index contributed by atoms with van der Waals surface area (Å²) in [4.78, 5) is 17.1. The predicted molar refractivity (Wildman–Crippen MR) is 79.6 cm³/mol. The number of hydrogen-bond acceptors (Lipinski definition) is 2. The monoisotopic (exact) mass is 318 g/mol. The molecule has 2 unspecified atom stereocenters. The second-order valence-electron chi connectivity index (χ2n) is 4.90. The molecule has 1 N–H and O–H groups in total. The molecule has 0 spiro atoms. The minimum atomic E-state index is -0.00468. The van der Waals surface area contributed by atoms with Crippen molar-refractivity contribution in [3.05, 3.63) is 42.1 Å². The Kier molecular flexibility index (Phi) is 3.51. The molecule has 98 valence electrons. The Morgan fingerprint density at radius 2 is 2.11 bits per heavy atom. The van der Waals surface area contributed by atoms with E-state index < -0.39 is 0 Å². The van der Waals surface area contributed by atoms with Crippen LogP contribution in [0.5, 0.6) is 0 Å². The summed E-state index contributed by atoms with van der Waals surface area (Å²) in [6, 6.07) is 9.76. The molecule has 19 heavy (non-hydrogen) atoms. The highest BCUT2D eigenvalue weighted by Gasteiger charge is 2.26. The van der Waals surface area contributed by atoms with E-state index in [4.69, 9.17) is 0 Å². The minimum Gasteiger partial charge on any atom is -0.348 e.